The summed E-state index contributed by atoms with van der Waals surface area (Å²) in [6.45, 7) is 13.8. The highest BCUT2D eigenvalue weighted by atomic mass is 32.2. The van der Waals surface area contributed by atoms with E-state index in [1.165, 1.54) is 7.05 Å². The van der Waals surface area contributed by atoms with Crippen molar-refractivity contribution in [3.63, 3.8) is 0 Å². The second-order valence-electron chi connectivity index (χ2n) is 8.13. The number of amides is 2. The van der Waals surface area contributed by atoms with Gasteiger partial charge in [-0.3, -0.25) is 14.4 Å². The van der Waals surface area contributed by atoms with Gasteiger partial charge < -0.3 is 27.2 Å². The average molecular weight is 542 g/mol. The quantitative estimate of drug-likeness (QED) is 0.235. The number of nitrogens with two attached hydrogens (primary N) is 2. The highest BCUT2D eigenvalue weighted by Gasteiger charge is 2.22. The zero-order valence-corrected chi connectivity index (χ0v) is 24.7. The monoisotopic (exact) mass is 541 g/mol. The van der Waals surface area contributed by atoms with Gasteiger partial charge in [0.05, 0.1) is 24.2 Å². The topological polar surface area (TPSA) is 194 Å². The molecule has 1 heterocycles. The third-order valence-electron chi connectivity index (χ3n) is 4.57. The van der Waals surface area contributed by atoms with E-state index < -0.39 is 16.1 Å². The molecule has 0 saturated carbocycles. The number of primary amides is 1. The van der Waals surface area contributed by atoms with E-state index in [1.54, 1.807) is 14.0 Å². The lowest BCUT2D eigenvalue weighted by atomic mass is 9.91. The van der Waals surface area contributed by atoms with E-state index in [0.717, 1.165) is 25.9 Å². The third-order valence-corrected chi connectivity index (χ3v) is 6.14. The molecule has 36 heavy (non-hydrogen) atoms. The van der Waals surface area contributed by atoms with Crippen molar-refractivity contribution in [3.05, 3.63) is 0 Å². The fourth-order valence-electron chi connectivity index (χ4n) is 2.59. The van der Waals surface area contributed by atoms with Crippen molar-refractivity contribution in [1.82, 2.24) is 15.4 Å². The van der Waals surface area contributed by atoms with Crippen molar-refractivity contribution in [1.29, 1.82) is 0 Å². The molecule has 3 atom stereocenters. The first-order valence-corrected chi connectivity index (χ1v) is 14.5. The molecule has 218 valence electrons. The van der Waals surface area contributed by atoms with Gasteiger partial charge in [-0.2, -0.15) is 0 Å². The van der Waals surface area contributed by atoms with E-state index >= 15 is 0 Å². The van der Waals surface area contributed by atoms with E-state index in [9.17, 15) is 22.8 Å². The molecule has 0 radical (unpaired) electrons. The lowest BCUT2D eigenvalue weighted by molar-refractivity contribution is -0.123. The molecule has 0 spiro atoms. The Kier molecular flexibility index (Phi) is 32.3. The SMILES string of the molecule is CC.CC1CNCC(C(N)=O)C1.CCC(=O)CCCN.CCCS(=O)(=O)NC.CNC(=O)C[C@H](C)O. The van der Waals surface area contributed by atoms with Gasteiger partial charge in [0, 0.05) is 26.4 Å². The number of carbonyl (C=O) groups excluding carboxylic acids is 3. The summed E-state index contributed by atoms with van der Waals surface area (Å²) in [6, 6.07) is 0. The van der Waals surface area contributed by atoms with Crippen LogP contribution in [0.2, 0.25) is 0 Å². The fourth-order valence-corrected chi connectivity index (χ4v) is 3.33. The highest BCUT2D eigenvalue weighted by Crippen LogP contribution is 2.14. The second-order valence-corrected chi connectivity index (χ2v) is 10.2. The molecular formula is C24H55N5O6S. The summed E-state index contributed by atoms with van der Waals surface area (Å²) in [5.41, 5.74) is 10.3. The molecule has 11 nitrogen and oxygen atoms in total. The van der Waals surface area contributed by atoms with E-state index in [2.05, 4.69) is 22.3 Å². The molecule has 1 aliphatic rings. The van der Waals surface area contributed by atoms with Gasteiger partial charge in [-0.1, -0.05) is 34.6 Å². The van der Waals surface area contributed by atoms with Gasteiger partial charge in [-0.15, -0.1) is 0 Å². The molecule has 12 heteroatoms. The van der Waals surface area contributed by atoms with Gasteiger partial charge in [0.15, 0.2) is 0 Å². The number of hydrogen-bond acceptors (Lipinski definition) is 8. The van der Waals surface area contributed by atoms with Crippen LogP contribution in [0.4, 0.5) is 0 Å². The van der Waals surface area contributed by atoms with Gasteiger partial charge in [-0.25, -0.2) is 13.1 Å². The lowest BCUT2D eigenvalue weighted by Crippen LogP contribution is -2.41. The van der Waals surface area contributed by atoms with E-state index in [1.807, 2.05) is 27.7 Å². The number of piperidine rings is 1. The standard InChI is InChI=1S/C7H14N2O.C6H13NO.C5H11NO2.C4H11NO2S.C2H6/c1-5-2-6(7(8)10)4-9-3-5;1-2-6(8)4-3-5-7;1-4(7)3-5(8)6-2;1-3-4-8(6,7)5-2;1-2/h5-6,9H,2-4H2,1H3,(H2,8,10);2-5,7H2,1H3;4,7H,3H2,1-2H3,(H,6,8);5H,3-4H2,1-2H3;1-2H3/t;;4-;;/m..0../s1. The number of carbonyl (C=O) groups is 3. The van der Waals surface area contributed by atoms with Crippen molar-refractivity contribution in [3.8, 4) is 0 Å². The van der Waals surface area contributed by atoms with Crippen LogP contribution in [-0.2, 0) is 24.4 Å². The van der Waals surface area contributed by atoms with Crippen molar-refractivity contribution >= 4 is 27.6 Å². The Bertz CT molecular complexity index is 645. The van der Waals surface area contributed by atoms with Crippen LogP contribution in [0.25, 0.3) is 0 Å². The van der Waals surface area contributed by atoms with Crippen LogP contribution >= 0.6 is 0 Å². The summed E-state index contributed by atoms with van der Waals surface area (Å²) in [5, 5.41) is 14.2. The second kappa shape index (κ2) is 28.0. The maximum absolute atomic E-state index is 10.7. The minimum Gasteiger partial charge on any atom is -0.393 e. The summed E-state index contributed by atoms with van der Waals surface area (Å²) >= 11 is 0. The van der Waals surface area contributed by atoms with E-state index in [-0.39, 0.29) is 29.9 Å². The van der Waals surface area contributed by atoms with E-state index in [0.29, 0.717) is 37.5 Å². The average Bonchev–Trinajstić information content (AvgIpc) is 2.84. The minimum absolute atomic E-state index is 0.0590. The molecule has 2 amide bonds. The molecule has 1 saturated heterocycles. The maximum atomic E-state index is 10.7. The summed E-state index contributed by atoms with van der Waals surface area (Å²) in [5.74, 6) is 0.897. The first-order chi connectivity index (χ1) is 16.8. The van der Waals surface area contributed by atoms with Crippen LogP contribution < -0.4 is 26.8 Å². The lowest BCUT2D eigenvalue weighted by Gasteiger charge is -2.25. The maximum Gasteiger partial charge on any atom is 0.222 e. The molecule has 0 aromatic carbocycles. The number of ketones is 1. The number of sulfonamides is 1. The molecule has 1 aliphatic heterocycles. The normalized spacial score (nSPS) is 17.1. The van der Waals surface area contributed by atoms with Gasteiger partial charge in [0.2, 0.25) is 21.8 Å². The van der Waals surface area contributed by atoms with Crippen molar-refractivity contribution in [2.24, 2.45) is 23.3 Å². The first kappa shape index (κ1) is 41.5. The Labute approximate surface area is 220 Å². The number of aliphatic hydroxyl groups is 1. The first-order valence-electron chi connectivity index (χ1n) is 12.8. The van der Waals surface area contributed by atoms with Gasteiger partial charge in [0.25, 0.3) is 0 Å². The van der Waals surface area contributed by atoms with Gasteiger partial charge in [0.1, 0.15) is 5.78 Å². The van der Waals surface area contributed by atoms with E-state index in [4.69, 9.17) is 16.6 Å². The number of rotatable bonds is 10. The smallest absolute Gasteiger partial charge is 0.222 e. The van der Waals surface area contributed by atoms with Gasteiger partial charge >= 0.3 is 0 Å². The molecule has 0 bridgehead atoms. The number of Topliss-reactive ketones (excluding diaryl/α,β-unsaturated/α-hetero) is 1. The molecule has 0 aromatic heterocycles. The number of hydrogen-bond donors (Lipinski definition) is 6. The third kappa shape index (κ3) is 32.4. The van der Waals surface area contributed by atoms with Crippen molar-refractivity contribution < 1.29 is 27.9 Å². The van der Waals surface area contributed by atoms with Crippen LogP contribution in [-0.4, -0.2) is 76.7 Å². The molecule has 8 N–H and O–H groups in total. The summed E-state index contributed by atoms with van der Waals surface area (Å²) in [7, 11) is 0.0484. The zero-order valence-electron chi connectivity index (χ0n) is 23.9. The summed E-state index contributed by atoms with van der Waals surface area (Å²) in [4.78, 5) is 31.5. The Morgan fingerprint density at radius 3 is 1.94 bits per heavy atom. The molecule has 1 rings (SSSR count). The Morgan fingerprint density at radius 2 is 1.69 bits per heavy atom. The Hall–Kier alpha value is -1.60. The van der Waals surface area contributed by atoms with Crippen LogP contribution in [0, 0.1) is 11.8 Å². The predicted molar refractivity (Wildman–Crippen MR) is 148 cm³/mol. The van der Waals surface area contributed by atoms with Gasteiger partial charge in [-0.05, 0) is 52.2 Å². The van der Waals surface area contributed by atoms with Crippen LogP contribution in [0.3, 0.4) is 0 Å². The Morgan fingerprint density at radius 1 is 1.14 bits per heavy atom. The molecular weight excluding hydrogens is 486 g/mol. The minimum atomic E-state index is -2.92. The van der Waals surface area contributed by atoms with Crippen LogP contribution in [0.5, 0.6) is 0 Å². The van der Waals surface area contributed by atoms with Crippen LogP contribution in [0.1, 0.15) is 80.1 Å². The predicted octanol–water partition coefficient (Wildman–Crippen LogP) is 0.897. The summed E-state index contributed by atoms with van der Waals surface area (Å²) in [6.07, 6.45) is 3.43. The van der Waals surface area contributed by atoms with Crippen molar-refractivity contribution in [2.45, 2.75) is 86.2 Å². The van der Waals surface area contributed by atoms with Crippen molar-refractivity contribution in [2.75, 3.05) is 39.5 Å². The van der Waals surface area contributed by atoms with Crippen LogP contribution in [0.15, 0.2) is 0 Å². The molecule has 1 fully saturated rings. The summed E-state index contributed by atoms with van der Waals surface area (Å²) < 4.78 is 23.2. The fraction of sp³-hybridized carbons (Fsp3) is 0.875. The number of aliphatic hydroxyl groups excluding tert-OH is 1. The highest BCUT2D eigenvalue weighted by molar-refractivity contribution is 7.89. The molecule has 0 aliphatic carbocycles. The largest absolute Gasteiger partial charge is 0.393 e. The molecule has 0 aromatic rings. The molecule has 2 unspecified atom stereocenters. The Balaban J connectivity index is -0.000000186. The zero-order chi connectivity index (χ0) is 29.2. The number of nitrogens with one attached hydrogen (secondary N) is 3.